The van der Waals surface area contributed by atoms with E-state index in [4.69, 9.17) is 4.52 Å². The molecule has 0 aliphatic heterocycles. The molecule has 0 spiro atoms. The Hall–Kier alpha value is -2.44. The Morgan fingerprint density at radius 1 is 1.23 bits per heavy atom. The summed E-state index contributed by atoms with van der Waals surface area (Å²) in [5.41, 5.74) is 0.692. The maximum atomic E-state index is 5.28. The highest BCUT2D eigenvalue weighted by Gasteiger charge is 2.24. The van der Waals surface area contributed by atoms with E-state index in [1.54, 1.807) is 13.2 Å². The van der Waals surface area contributed by atoms with Gasteiger partial charge in [-0.15, -0.1) is 0 Å². The minimum atomic E-state index is 0.452. The average molecular weight is 356 g/mol. The predicted molar refractivity (Wildman–Crippen MR) is 102 cm³/mol. The van der Waals surface area contributed by atoms with Crippen molar-refractivity contribution in [3.8, 4) is 11.6 Å². The van der Waals surface area contributed by atoms with E-state index >= 15 is 0 Å². The summed E-state index contributed by atoms with van der Waals surface area (Å²) in [4.78, 5) is 13.0. The molecule has 0 radical (unpaired) electrons. The van der Waals surface area contributed by atoms with Gasteiger partial charge < -0.3 is 15.2 Å². The van der Waals surface area contributed by atoms with E-state index in [-0.39, 0.29) is 0 Å². The Balaban J connectivity index is 1.47. The zero-order valence-corrected chi connectivity index (χ0v) is 15.8. The fourth-order valence-electron chi connectivity index (χ4n) is 3.69. The number of aliphatic imine (C=N–C) groups is 1. The second-order valence-corrected chi connectivity index (χ2v) is 7.24. The van der Waals surface area contributed by atoms with Crippen molar-refractivity contribution in [3.05, 3.63) is 30.2 Å². The zero-order valence-electron chi connectivity index (χ0n) is 15.8. The van der Waals surface area contributed by atoms with Gasteiger partial charge in [-0.25, -0.2) is 0 Å². The fourth-order valence-corrected chi connectivity index (χ4v) is 3.69. The first-order valence-corrected chi connectivity index (χ1v) is 9.35. The fraction of sp³-hybridized carbons (Fsp3) is 0.579. The first-order chi connectivity index (χ1) is 12.6. The number of hydrogen-bond acceptors (Lipinski definition) is 5. The van der Waals surface area contributed by atoms with Crippen LogP contribution < -0.4 is 10.6 Å². The molecule has 7 heteroatoms. The lowest BCUT2D eigenvalue weighted by Gasteiger charge is -2.32. The van der Waals surface area contributed by atoms with Crippen LogP contribution in [0.5, 0.6) is 0 Å². The molecule has 1 aliphatic rings. The third-order valence-corrected chi connectivity index (χ3v) is 4.74. The SMILES string of the molecule is CN=C(NCCc1noc(-c2ccccn2)n1)NC1CC(C)CC(C)C1. The highest BCUT2D eigenvalue weighted by molar-refractivity contribution is 5.79. The van der Waals surface area contributed by atoms with Crippen LogP contribution in [-0.4, -0.2) is 40.7 Å². The molecule has 2 atom stereocenters. The van der Waals surface area contributed by atoms with Gasteiger partial charge in [0.05, 0.1) is 0 Å². The molecular formula is C19H28N6O. The number of rotatable bonds is 5. The molecule has 2 N–H and O–H groups in total. The van der Waals surface area contributed by atoms with Crippen LogP contribution in [0.1, 0.15) is 38.9 Å². The molecule has 2 aromatic rings. The van der Waals surface area contributed by atoms with Gasteiger partial charge in [0.1, 0.15) is 5.69 Å². The standard InChI is InChI=1S/C19H28N6O/c1-13-10-14(2)12-15(11-13)23-19(20-3)22-9-7-17-24-18(26-25-17)16-6-4-5-8-21-16/h4-6,8,13-15H,7,9-12H2,1-3H3,(H2,20,22,23). The molecule has 0 saturated heterocycles. The smallest absolute Gasteiger partial charge is 0.276 e. The topological polar surface area (TPSA) is 88.2 Å². The Kier molecular flexibility index (Phi) is 6.20. The van der Waals surface area contributed by atoms with Crippen molar-refractivity contribution < 1.29 is 4.52 Å². The molecule has 1 fully saturated rings. The van der Waals surface area contributed by atoms with E-state index in [9.17, 15) is 0 Å². The van der Waals surface area contributed by atoms with E-state index in [0.717, 1.165) is 17.8 Å². The summed E-state index contributed by atoms with van der Waals surface area (Å²) in [5.74, 6) is 3.48. The molecule has 3 rings (SSSR count). The number of pyridine rings is 1. The number of nitrogens with one attached hydrogen (secondary N) is 2. The van der Waals surface area contributed by atoms with E-state index < -0.39 is 0 Å². The molecule has 0 amide bonds. The van der Waals surface area contributed by atoms with Gasteiger partial charge in [-0.2, -0.15) is 4.98 Å². The number of guanidine groups is 1. The summed E-state index contributed by atoms with van der Waals surface area (Å²) < 4.78 is 5.28. The summed E-state index contributed by atoms with van der Waals surface area (Å²) in [7, 11) is 1.80. The maximum Gasteiger partial charge on any atom is 0.276 e. The second kappa shape index (κ2) is 8.78. The van der Waals surface area contributed by atoms with Gasteiger partial charge in [0.15, 0.2) is 11.8 Å². The molecule has 2 aromatic heterocycles. The van der Waals surface area contributed by atoms with Crippen LogP contribution in [0.3, 0.4) is 0 Å². The van der Waals surface area contributed by atoms with Crippen molar-refractivity contribution in [3.63, 3.8) is 0 Å². The first-order valence-electron chi connectivity index (χ1n) is 9.35. The molecule has 1 saturated carbocycles. The lowest BCUT2D eigenvalue weighted by molar-refractivity contribution is 0.255. The van der Waals surface area contributed by atoms with Gasteiger partial charge in [-0.3, -0.25) is 9.98 Å². The predicted octanol–water partition coefficient (Wildman–Crippen LogP) is 2.66. The van der Waals surface area contributed by atoms with Crippen molar-refractivity contribution in [2.75, 3.05) is 13.6 Å². The summed E-state index contributed by atoms with van der Waals surface area (Å²) >= 11 is 0. The first kappa shape index (κ1) is 18.4. The lowest BCUT2D eigenvalue weighted by atomic mass is 9.80. The average Bonchev–Trinajstić information content (AvgIpc) is 3.10. The normalized spacial score (nSPS) is 23.7. The van der Waals surface area contributed by atoms with Crippen molar-refractivity contribution in [1.29, 1.82) is 0 Å². The zero-order chi connectivity index (χ0) is 18.4. The lowest BCUT2D eigenvalue weighted by Crippen LogP contribution is -2.46. The van der Waals surface area contributed by atoms with Gasteiger partial charge >= 0.3 is 0 Å². The molecule has 1 aliphatic carbocycles. The second-order valence-electron chi connectivity index (χ2n) is 7.24. The summed E-state index contributed by atoms with van der Waals surface area (Å²) in [6.45, 7) is 5.35. The van der Waals surface area contributed by atoms with Gasteiger partial charge in [-0.05, 0) is 43.2 Å². The van der Waals surface area contributed by atoms with E-state index in [1.807, 2.05) is 18.2 Å². The van der Waals surface area contributed by atoms with Gasteiger partial charge in [0, 0.05) is 32.3 Å². The highest BCUT2D eigenvalue weighted by Crippen LogP contribution is 2.28. The number of hydrogen-bond donors (Lipinski definition) is 2. The van der Waals surface area contributed by atoms with Gasteiger partial charge in [0.2, 0.25) is 0 Å². The largest absolute Gasteiger partial charge is 0.356 e. The van der Waals surface area contributed by atoms with Crippen LogP contribution >= 0.6 is 0 Å². The van der Waals surface area contributed by atoms with Crippen molar-refractivity contribution >= 4 is 5.96 Å². The molecule has 0 bridgehead atoms. The van der Waals surface area contributed by atoms with E-state index in [1.165, 1.54) is 19.3 Å². The van der Waals surface area contributed by atoms with Crippen LogP contribution in [0.2, 0.25) is 0 Å². The van der Waals surface area contributed by atoms with Crippen LogP contribution in [0.15, 0.2) is 33.9 Å². The molecule has 7 nitrogen and oxygen atoms in total. The van der Waals surface area contributed by atoms with Gasteiger partial charge in [0.25, 0.3) is 5.89 Å². The van der Waals surface area contributed by atoms with Crippen LogP contribution in [0.4, 0.5) is 0 Å². The summed E-state index contributed by atoms with van der Waals surface area (Å²) in [6.07, 6.45) is 6.09. The third-order valence-electron chi connectivity index (χ3n) is 4.74. The highest BCUT2D eigenvalue weighted by atomic mass is 16.5. The van der Waals surface area contributed by atoms with E-state index in [2.05, 4.69) is 44.6 Å². The Labute approximate surface area is 154 Å². The summed E-state index contributed by atoms with van der Waals surface area (Å²) in [5, 5.41) is 10.9. The minimum absolute atomic E-state index is 0.452. The van der Waals surface area contributed by atoms with Crippen molar-refractivity contribution in [2.24, 2.45) is 16.8 Å². The Bertz CT molecular complexity index is 704. The van der Waals surface area contributed by atoms with Crippen LogP contribution in [-0.2, 0) is 6.42 Å². The summed E-state index contributed by atoms with van der Waals surface area (Å²) in [6, 6.07) is 6.10. The molecule has 2 heterocycles. The third kappa shape index (κ3) is 5.03. The minimum Gasteiger partial charge on any atom is -0.356 e. The quantitative estimate of drug-likeness (QED) is 0.632. The molecule has 2 unspecified atom stereocenters. The molecular weight excluding hydrogens is 328 g/mol. The monoisotopic (exact) mass is 356 g/mol. The van der Waals surface area contributed by atoms with Gasteiger partial charge in [-0.1, -0.05) is 25.1 Å². The Morgan fingerprint density at radius 2 is 2.04 bits per heavy atom. The van der Waals surface area contributed by atoms with E-state index in [0.29, 0.717) is 36.4 Å². The Morgan fingerprint density at radius 3 is 2.73 bits per heavy atom. The molecule has 0 aromatic carbocycles. The molecule has 140 valence electrons. The maximum absolute atomic E-state index is 5.28. The van der Waals surface area contributed by atoms with Crippen LogP contribution in [0, 0.1) is 11.8 Å². The van der Waals surface area contributed by atoms with Crippen LogP contribution in [0.25, 0.3) is 11.6 Å². The van der Waals surface area contributed by atoms with Crippen molar-refractivity contribution in [2.45, 2.75) is 45.6 Å². The number of nitrogens with zero attached hydrogens (tertiary/aromatic N) is 4. The van der Waals surface area contributed by atoms with Crippen molar-refractivity contribution in [1.82, 2.24) is 25.8 Å². The number of aromatic nitrogens is 3. The molecule has 26 heavy (non-hydrogen) atoms.